The maximum Gasteiger partial charge on any atom is 0.460 e. The van der Waals surface area contributed by atoms with Crippen LogP contribution in [0.4, 0.5) is 48.3 Å². The Bertz CT molecular complexity index is 299. The first-order chi connectivity index (χ1) is 7.56. The Balaban J connectivity index is 5.80. The van der Waals surface area contributed by atoms with Crippen molar-refractivity contribution in [3.05, 3.63) is 6.92 Å². The van der Waals surface area contributed by atoms with Crippen molar-refractivity contribution in [1.29, 1.82) is 0 Å². The molecule has 0 nitrogen and oxygen atoms in total. The lowest BCUT2D eigenvalue weighted by molar-refractivity contribution is -0.421. The first-order valence-corrected chi connectivity index (χ1v) is 3.93. The van der Waals surface area contributed by atoms with Crippen molar-refractivity contribution < 1.29 is 48.3 Å². The summed E-state index contributed by atoms with van der Waals surface area (Å²) in [7, 11) is 0. The molecule has 0 aromatic carbocycles. The molecule has 0 atom stereocenters. The molecule has 0 aromatic heterocycles. The molecule has 0 bridgehead atoms. The van der Waals surface area contributed by atoms with Crippen molar-refractivity contribution in [1.82, 2.24) is 0 Å². The highest BCUT2D eigenvalue weighted by Gasteiger charge is 2.86. The number of alkyl halides is 11. The van der Waals surface area contributed by atoms with Crippen LogP contribution in [0.25, 0.3) is 0 Å². The van der Waals surface area contributed by atoms with E-state index in [0.29, 0.717) is 0 Å². The molecule has 0 rings (SSSR count). The fraction of sp³-hybridized carbons (Fsp3) is 0.857. The zero-order valence-electron chi connectivity index (χ0n) is 8.07. The minimum atomic E-state index is -7.32. The van der Waals surface area contributed by atoms with Crippen molar-refractivity contribution >= 4 is 0 Å². The fourth-order valence-corrected chi connectivity index (χ4v) is 0.762. The molecule has 0 fully saturated rings. The van der Waals surface area contributed by atoms with E-state index in [0.717, 1.165) is 0 Å². The summed E-state index contributed by atoms with van der Waals surface area (Å²) in [5.41, 5.74) is 0. The van der Waals surface area contributed by atoms with Gasteiger partial charge in [-0.3, -0.25) is 0 Å². The molecule has 0 aliphatic carbocycles. The van der Waals surface area contributed by atoms with E-state index in [9.17, 15) is 48.3 Å². The molecule has 0 N–H and O–H groups in total. The number of halogens is 11. The molecule has 0 saturated carbocycles. The van der Waals surface area contributed by atoms with Gasteiger partial charge in [0.25, 0.3) is 0 Å². The second-order valence-corrected chi connectivity index (χ2v) is 3.18. The molecule has 0 unspecified atom stereocenters. The summed E-state index contributed by atoms with van der Waals surface area (Å²) in [5.74, 6) is -27.4. The van der Waals surface area contributed by atoms with Crippen LogP contribution >= 0.6 is 0 Å². The van der Waals surface area contributed by atoms with Crippen molar-refractivity contribution in [2.24, 2.45) is 0 Å². The summed E-state index contributed by atoms with van der Waals surface area (Å²) in [6.07, 6.45) is -9.40. The topological polar surface area (TPSA) is 0 Å². The van der Waals surface area contributed by atoms with Gasteiger partial charge < -0.3 is 0 Å². The van der Waals surface area contributed by atoms with Crippen LogP contribution in [0.5, 0.6) is 0 Å². The van der Waals surface area contributed by atoms with Gasteiger partial charge in [-0.25, -0.2) is 0 Å². The average Bonchev–Trinajstić information content (AvgIpc) is 2.15. The van der Waals surface area contributed by atoms with E-state index in [1.54, 1.807) is 0 Å². The van der Waals surface area contributed by atoms with E-state index in [1.807, 2.05) is 0 Å². The highest BCUT2D eigenvalue weighted by molar-refractivity contribution is 5.06. The van der Waals surface area contributed by atoms with Crippen molar-refractivity contribution in [2.75, 3.05) is 0 Å². The van der Waals surface area contributed by atoms with Crippen molar-refractivity contribution in [3.8, 4) is 0 Å². The van der Waals surface area contributed by atoms with E-state index >= 15 is 0 Å². The third-order valence-electron chi connectivity index (χ3n) is 1.92. The van der Waals surface area contributed by atoms with Crippen LogP contribution in [0.2, 0.25) is 0 Å². The third-order valence-corrected chi connectivity index (χ3v) is 1.92. The van der Waals surface area contributed by atoms with E-state index in [2.05, 4.69) is 6.92 Å². The first-order valence-electron chi connectivity index (χ1n) is 3.93. The smallest absolute Gasteiger partial charge is 0.200 e. The summed E-state index contributed by atoms with van der Waals surface area (Å²) in [6.45, 7) is 2.09. The molecule has 0 heterocycles. The Kier molecular flexibility index (Phi) is 3.94. The molecule has 18 heavy (non-hydrogen) atoms. The normalized spacial score (nSPS) is 16.0. The van der Waals surface area contributed by atoms with Gasteiger partial charge in [0.1, 0.15) is 0 Å². The molecule has 0 saturated heterocycles. The summed E-state index contributed by atoms with van der Waals surface area (Å²) in [6, 6.07) is 0. The largest absolute Gasteiger partial charge is 0.460 e. The van der Waals surface area contributed by atoms with E-state index < -0.39 is 36.3 Å². The summed E-state index contributed by atoms with van der Waals surface area (Å²) < 4.78 is 133. The molecule has 0 aliphatic heterocycles. The quantitative estimate of drug-likeness (QED) is 0.678. The van der Waals surface area contributed by atoms with Crippen LogP contribution in [-0.4, -0.2) is 29.9 Å². The molecule has 0 aromatic rings. The number of rotatable bonds is 4. The lowest BCUT2D eigenvalue weighted by Crippen LogP contribution is -2.66. The maximum absolute atomic E-state index is 12.5. The van der Waals surface area contributed by atoms with E-state index in [1.165, 1.54) is 0 Å². The molecule has 0 spiro atoms. The molecule has 109 valence electrons. The van der Waals surface area contributed by atoms with Gasteiger partial charge in [0, 0.05) is 6.42 Å². The van der Waals surface area contributed by atoms with Crippen LogP contribution in [-0.2, 0) is 0 Å². The lowest BCUT2D eigenvalue weighted by Gasteiger charge is -2.36. The van der Waals surface area contributed by atoms with Gasteiger partial charge in [-0.05, 0) is 6.92 Å². The molecular formula is C7H4F11. The standard InChI is InChI=1S/C7H4F11/c1-2-3(8,9)4(10,11)5(12,13)6(14,15)7(16,17)18/h1-2H2. The Morgan fingerprint density at radius 3 is 1.11 bits per heavy atom. The second kappa shape index (κ2) is 4.12. The molecule has 11 heteroatoms. The van der Waals surface area contributed by atoms with Crippen molar-refractivity contribution in [2.45, 2.75) is 36.3 Å². The van der Waals surface area contributed by atoms with Crippen molar-refractivity contribution in [3.63, 3.8) is 0 Å². The SMILES string of the molecule is [CH2]CC(F)(F)C(F)(F)C(F)(F)C(F)(F)C(F)(F)F. The van der Waals surface area contributed by atoms with E-state index in [4.69, 9.17) is 0 Å². The first kappa shape index (κ1) is 17.2. The fourth-order valence-electron chi connectivity index (χ4n) is 0.762. The zero-order chi connectivity index (χ0) is 15.2. The highest BCUT2D eigenvalue weighted by atomic mass is 19.4. The van der Waals surface area contributed by atoms with Gasteiger partial charge in [-0.2, -0.15) is 48.3 Å². The van der Waals surface area contributed by atoms with Gasteiger partial charge in [-0.15, -0.1) is 0 Å². The predicted molar refractivity (Wildman–Crippen MR) is 35.8 cm³/mol. The van der Waals surface area contributed by atoms with E-state index in [-0.39, 0.29) is 0 Å². The van der Waals surface area contributed by atoms with Gasteiger partial charge in [0.05, 0.1) is 0 Å². The second-order valence-electron chi connectivity index (χ2n) is 3.18. The Labute approximate surface area is 92.7 Å². The lowest BCUT2D eigenvalue weighted by atomic mass is 9.97. The Hall–Kier alpha value is -0.770. The van der Waals surface area contributed by atoms with Crippen LogP contribution in [0.15, 0.2) is 0 Å². The molecule has 0 aliphatic rings. The minimum Gasteiger partial charge on any atom is -0.200 e. The Morgan fingerprint density at radius 1 is 0.556 bits per heavy atom. The van der Waals surface area contributed by atoms with Crippen LogP contribution in [0, 0.1) is 6.92 Å². The van der Waals surface area contributed by atoms with Crippen LogP contribution < -0.4 is 0 Å². The van der Waals surface area contributed by atoms with Crippen LogP contribution in [0.3, 0.4) is 0 Å². The van der Waals surface area contributed by atoms with Gasteiger partial charge in [-0.1, -0.05) is 0 Å². The summed E-state index contributed by atoms with van der Waals surface area (Å²) in [5, 5.41) is 0. The molecule has 1 radical (unpaired) electrons. The number of hydrogen-bond acceptors (Lipinski definition) is 0. The minimum absolute atomic E-state index is 2.09. The van der Waals surface area contributed by atoms with Gasteiger partial charge in [0.2, 0.25) is 0 Å². The third kappa shape index (κ3) is 2.11. The summed E-state index contributed by atoms with van der Waals surface area (Å²) in [4.78, 5) is 0. The Morgan fingerprint density at radius 2 is 0.889 bits per heavy atom. The molecule has 0 amide bonds. The average molecular weight is 297 g/mol. The molecular weight excluding hydrogens is 293 g/mol. The van der Waals surface area contributed by atoms with Crippen LogP contribution in [0.1, 0.15) is 6.42 Å². The number of hydrogen-bond donors (Lipinski definition) is 0. The predicted octanol–water partition coefficient (Wildman–Crippen LogP) is 4.31. The zero-order valence-corrected chi connectivity index (χ0v) is 8.07. The van der Waals surface area contributed by atoms with Gasteiger partial charge in [0.15, 0.2) is 0 Å². The maximum atomic E-state index is 12.5. The monoisotopic (exact) mass is 297 g/mol. The highest BCUT2D eigenvalue weighted by Crippen LogP contribution is 2.57. The summed E-state index contributed by atoms with van der Waals surface area (Å²) >= 11 is 0. The van der Waals surface area contributed by atoms with Gasteiger partial charge >= 0.3 is 29.9 Å².